The van der Waals surface area contributed by atoms with Crippen LogP contribution < -0.4 is 0 Å². The van der Waals surface area contributed by atoms with Crippen LogP contribution >= 0.6 is 0 Å². The summed E-state index contributed by atoms with van der Waals surface area (Å²) in [6.07, 6.45) is 0. The minimum absolute atomic E-state index is 0.633. The molecule has 1 aliphatic carbocycles. The largest absolute Gasteiger partial charge is 0.228 e. The molecule has 9 aromatic carbocycles. The first-order chi connectivity index (χ1) is 31.2. The highest BCUT2D eigenvalue weighted by Crippen LogP contribution is 2.59. The van der Waals surface area contributed by atoms with Crippen LogP contribution in [0, 0.1) is 11.3 Å². The highest BCUT2D eigenvalue weighted by atomic mass is 14.9. The van der Waals surface area contributed by atoms with E-state index in [4.69, 9.17) is 9.97 Å². The predicted molar refractivity (Wildman–Crippen MR) is 257 cm³/mol. The molecule has 11 rings (SSSR count). The van der Waals surface area contributed by atoms with Crippen molar-refractivity contribution >= 4 is 0 Å². The third-order valence-corrected chi connectivity index (χ3v) is 12.5. The summed E-state index contributed by atoms with van der Waals surface area (Å²) in [5, 5.41) is 10.6. The maximum atomic E-state index is 10.6. The van der Waals surface area contributed by atoms with Gasteiger partial charge in [0.1, 0.15) is 0 Å². The Kier molecular flexibility index (Phi) is 9.45. The summed E-state index contributed by atoms with van der Waals surface area (Å²) in [7, 11) is 0. The van der Waals surface area contributed by atoms with Crippen LogP contribution in [-0.4, -0.2) is 9.97 Å². The van der Waals surface area contributed by atoms with Crippen molar-refractivity contribution in [2.24, 2.45) is 0 Å². The molecule has 0 bridgehead atoms. The summed E-state index contributed by atoms with van der Waals surface area (Å²) in [5.41, 5.74) is 17.8. The zero-order valence-corrected chi connectivity index (χ0v) is 34.4. The normalized spacial score (nSPS) is 12.2. The van der Waals surface area contributed by atoms with Gasteiger partial charge in [-0.3, -0.25) is 0 Å². The number of benzene rings is 9. The summed E-state index contributed by atoms with van der Waals surface area (Å²) in [4.78, 5) is 10.8. The Labute approximate surface area is 368 Å². The van der Waals surface area contributed by atoms with Crippen molar-refractivity contribution in [2.75, 3.05) is 0 Å². The number of fused-ring (bicyclic) bond motifs is 3. The van der Waals surface area contributed by atoms with E-state index < -0.39 is 5.41 Å². The van der Waals surface area contributed by atoms with Gasteiger partial charge in [-0.05, 0) is 73.3 Å². The van der Waals surface area contributed by atoms with Crippen molar-refractivity contribution < 1.29 is 0 Å². The Balaban J connectivity index is 1.14. The first kappa shape index (κ1) is 37.5. The van der Waals surface area contributed by atoms with E-state index in [-0.39, 0.29) is 0 Å². The molecular weight excluding hydrogens is 763 g/mol. The lowest BCUT2D eigenvalue weighted by atomic mass is 9.66. The van der Waals surface area contributed by atoms with Gasteiger partial charge < -0.3 is 0 Å². The molecule has 0 N–H and O–H groups in total. The van der Waals surface area contributed by atoms with Crippen LogP contribution in [0.3, 0.4) is 0 Å². The number of hydrogen-bond donors (Lipinski definition) is 0. The quantitative estimate of drug-likeness (QED) is 0.154. The fourth-order valence-corrected chi connectivity index (χ4v) is 9.62. The molecule has 1 aliphatic rings. The third kappa shape index (κ3) is 6.45. The second kappa shape index (κ2) is 15.9. The molecule has 3 heteroatoms. The van der Waals surface area contributed by atoms with E-state index in [9.17, 15) is 5.26 Å². The van der Waals surface area contributed by atoms with Gasteiger partial charge >= 0.3 is 0 Å². The van der Waals surface area contributed by atoms with Crippen molar-refractivity contribution in [1.82, 2.24) is 9.97 Å². The topological polar surface area (TPSA) is 49.6 Å². The molecule has 1 aromatic heterocycles. The van der Waals surface area contributed by atoms with Crippen molar-refractivity contribution in [1.29, 1.82) is 5.26 Å². The lowest BCUT2D eigenvalue weighted by Crippen LogP contribution is -2.29. The number of rotatable bonds is 8. The highest BCUT2D eigenvalue weighted by molar-refractivity contribution is 5.97. The molecule has 3 nitrogen and oxygen atoms in total. The molecule has 294 valence electrons. The van der Waals surface area contributed by atoms with Gasteiger partial charge in [0.05, 0.1) is 28.4 Å². The van der Waals surface area contributed by atoms with Crippen LogP contribution in [0.5, 0.6) is 0 Å². The van der Waals surface area contributed by atoms with E-state index in [0.717, 1.165) is 83.7 Å². The minimum Gasteiger partial charge on any atom is -0.228 e. The predicted octanol–water partition coefficient (Wildman–Crippen LogP) is 14.7. The highest BCUT2D eigenvalue weighted by Gasteiger charge is 2.48. The summed E-state index contributed by atoms with van der Waals surface area (Å²) >= 11 is 0. The van der Waals surface area contributed by atoms with E-state index >= 15 is 0 Å². The second-order valence-corrected chi connectivity index (χ2v) is 15.9. The van der Waals surface area contributed by atoms with Gasteiger partial charge in [-0.1, -0.05) is 224 Å². The Morgan fingerprint density at radius 3 is 1.29 bits per heavy atom. The van der Waals surface area contributed by atoms with Crippen LogP contribution in [-0.2, 0) is 5.41 Å². The zero-order valence-electron chi connectivity index (χ0n) is 34.4. The molecule has 0 fully saturated rings. The van der Waals surface area contributed by atoms with Gasteiger partial charge in [0.2, 0.25) is 0 Å². The number of hydrogen-bond acceptors (Lipinski definition) is 3. The lowest BCUT2D eigenvalue weighted by Gasteiger charge is -2.35. The monoisotopic (exact) mass is 801 g/mol. The van der Waals surface area contributed by atoms with Gasteiger partial charge in [0, 0.05) is 22.3 Å². The van der Waals surface area contributed by atoms with Gasteiger partial charge in [0.15, 0.2) is 5.82 Å². The molecule has 0 aliphatic heterocycles. The molecule has 0 unspecified atom stereocenters. The fraction of sp³-hybridized carbons (Fsp3) is 0.0167. The van der Waals surface area contributed by atoms with Crippen LogP contribution in [0.15, 0.2) is 237 Å². The van der Waals surface area contributed by atoms with E-state index in [2.05, 4.69) is 218 Å². The SMILES string of the molecule is N#Cc1cccc2c1-c1cccc(-c3ccccc3-c3nc(-c4ccc(-c5ccccc5)cc4)cc(-c4ccc(-c5ccccc5)cc4)n3)c1C2(c1ccccc1)c1ccccc1. The lowest BCUT2D eigenvalue weighted by molar-refractivity contribution is 0.770. The van der Waals surface area contributed by atoms with E-state index in [1.807, 2.05) is 24.3 Å². The van der Waals surface area contributed by atoms with Crippen LogP contribution in [0.4, 0.5) is 0 Å². The smallest absolute Gasteiger partial charge is 0.161 e. The molecule has 0 spiro atoms. The number of nitrogens with zero attached hydrogens (tertiary/aromatic N) is 3. The first-order valence-corrected chi connectivity index (χ1v) is 21.3. The molecule has 1 heterocycles. The van der Waals surface area contributed by atoms with E-state index in [1.54, 1.807) is 0 Å². The van der Waals surface area contributed by atoms with Crippen LogP contribution in [0.25, 0.3) is 78.4 Å². The molecule has 63 heavy (non-hydrogen) atoms. The fourth-order valence-electron chi connectivity index (χ4n) is 9.62. The Morgan fingerprint density at radius 1 is 0.349 bits per heavy atom. The average molecular weight is 802 g/mol. The zero-order chi connectivity index (χ0) is 42.2. The van der Waals surface area contributed by atoms with Crippen LogP contribution in [0.1, 0.15) is 27.8 Å². The first-order valence-electron chi connectivity index (χ1n) is 21.3. The number of aromatic nitrogens is 2. The van der Waals surface area contributed by atoms with Crippen molar-refractivity contribution in [2.45, 2.75) is 5.41 Å². The molecule has 0 atom stereocenters. The molecule has 0 saturated carbocycles. The maximum absolute atomic E-state index is 10.6. The standard InChI is InChI=1S/C60H39N3/c61-40-47-21-15-30-54-57(47)53-29-16-28-51(58(53)60(54,48-22-9-3-10-23-48)49-24-11-4-12-25-49)50-26-13-14-27-52(50)59-62-55(45-35-31-43(32-36-45)41-17-5-1-6-18-41)39-56(63-59)46-37-33-44(34-38-46)42-19-7-2-8-20-42/h1-39H. The second-order valence-electron chi connectivity index (χ2n) is 15.9. The summed E-state index contributed by atoms with van der Waals surface area (Å²) in [6, 6.07) is 85.6. The van der Waals surface area contributed by atoms with E-state index in [1.165, 1.54) is 11.1 Å². The molecule has 0 radical (unpaired) electrons. The van der Waals surface area contributed by atoms with E-state index in [0.29, 0.717) is 11.4 Å². The van der Waals surface area contributed by atoms with Gasteiger partial charge in [-0.25, -0.2) is 9.97 Å². The third-order valence-electron chi connectivity index (χ3n) is 12.5. The molecule has 0 saturated heterocycles. The Morgan fingerprint density at radius 2 is 0.762 bits per heavy atom. The Bertz CT molecular complexity index is 3160. The van der Waals surface area contributed by atoms with Crippen LogP contribution in [0.2, 0.25) is 0 Å². The van der Waals surface area contributed by atoms with Gasteiger partial charge in [-0.2, -0.15) is 5.26 Å². The Hall–Kier alpha value is -8.45. The maximum Gasteiger partial charge on any atom is 0.161 e. The minimum atomic E-state index is -0.724. The van der Waals surface area contributed by atoms with Crippen molar-refractivity contribution in [3.8, 4) is 84.5 Å². The van der Waals surface area contributed by atoms with Crippen molar-refractivity contribution in [3.63, 3.8) is 0 Å². The van der Waals surface area contributed by atoms with Gasteiger partial charge in [0.25, 0.3) is 0 Å². The average Bonchev–Trinajstić information content (AvgIpc) is 3.69. The molecule has 0 amide bonds. The molecule has 10 aromatic rings. The number of nitriles is 1. The summed E-state index contributed by atoms with van der Waals surface area (Å²) < 4.78 is 0. The van der Waals surface area contributed by atoms with Gasteiger partial charge in [-0.15, -0.1) is 0 Å². The van der Waals surface area contributed by atoms with Crippen molar-refractivity contribution in [3.05, 3.63) is 264 Å². The summed E-state index contributed by atoms with van der Waals surface area (Å²) in [6.45, 7) is 0. The molecular formula is C60H39N3. The summed E-state index contributed by atoms with van der Waals surface area (Å²) in [5.74, 6) is 0.633.